The van der Waals surface area contributed by atoms with E-state index < -0.39 is 0 Å². The van der Waals surface area contributed by atoms with Crippen LogP contribution >= 0.6 is 0 Å². The third-order valence-corrected chi connectivity index (χ3v) is 4.21. The zero-order valence-corrected chi connectivity index (χ0v) is 12.3. The van der Waals surface area contributed by atoms with E-state index in [1.165, 1.54) is 29.5 Å². The normalized spacial score (nSPS) is 21.1. The van der Waals surface area contributed by atoms with E-state index >= 15 is 0 Å². The number of aromatic nitrogens is 2. The smallest absolute Gasteiger partial charge is 0.0521 e. The molecule has 1 aromatic heterocycles. The van der Waals surface area contributed by atoms with Crippen LogP contribution in [-0.2, 0) is 19.9 Å². The summed E-state index contributed by atoms with van der Waals surface area (Å²) in [5.41, 5.74) is 4.35. The molecule has 3 heteroatoms. The van der Waals surface area contributed by atoms with Crippen molar-refractivity contribution >= 4 is 0 Å². The molecule has 1 aliphatic rings. The highest BCUT2D eigenvalue weighted by Gasteiger charge is 2.31. The van der Waals surface area contributed by atoms with E-state index in [1.54, 1.807) is 0 Å². The molecule has 3 nitrogen and oxygen atoms in total. The van der Waals surface area contributed by atoms with E-state index in [-0.39, 0.29) is 0 Å². The zero-order chi connectivity index (χ0) is 13.9. The molecule has 0 radical (unpaired) electrons. The van der Waals surface area contributed by atoms with Crippen LogP contribution in [0.15, 0.2) is 36.7 Å². The molecule has 0 saturated heterocycles. The molecule has 0 fully saturated rings. The van der Waals surface area contributed by atoms with Gasteiger partial charge >= 0.3 is 0 Å². The number of rotatable bonds is 5. The molecule has 20 heavy (non-hydrogen) atoms. The lowest BCUT2D eigenvalue weighted by molar-refractivity contribution is 0.387. The largest absolute Gasteiger partial charge is 0.310 e. The number of aryl methyl sites for hydroxylation is 1. The van der Waals surface area contributed by atoms with Crippen molar-refractivity contribution in [3.05, 3.63) is 53.3 Å². The highest BCUT2D eigenvalue weighted by atomic mass is 15.2. The minimum Gasteiger partial charge on any atom is -0.310 e. The Labute approximate surface area is 121 Å². The van der Waals surface area contributed by atoms with Gasteiger partial charge in [0.1, 0.15) is 0 Å². The number of nitrogens with zero attached hydrogens (tertiary/aromatic N) is 2. The topological polar surface area (TPSA) is 29.9 Å². The molecule has 0 saturated carbocycles. The van der Waals surface area contributed by atoms with Crippen LogP contribution in [0.4, 0.5) is 0 Å². The molecule has 1 aromatic carbocycles. The molecular weight excluding hydrogens is 246 g/mol. The number of fused-ring (bicyclic) bond motifs is 1. The lowest BCUT2D eigenvalue weighted by Gasteiger charge is -2.21. The SMILES string of the molecule is CCCNC1c2ccccc2CC1Cc1cnn(C)c1. The third kappa shape index (κ3) is 2.63. The van der Waals surface area contributed by atoms with Crippen LogP contribution in [0.2, 0.25) is 0 Å². The van der Waals surface area contributed by atoms with Gasteiger partial charge in [0.05, 0.1) is 6.20 Å². The fourth-order valence-corrected chi connectivity index (χ4v) is 3.32. The standard InChI is InChI=1S/C17H23N3/c1-3-8-18-17-15(9-13-11-19-20(2)12-13)10-14-6-4-5-7-16(14)17/h4-7,11-12,15,17-18H,3,8-10H2,1-2H3. The molecule has 1 heterocycles. The van der Waals surface area contributed by atoms with Crippen LogP contribution in [-0.4, -0.2) is 16.3 Å². The maximum atomic E-state index is 4.29. The predicted molar refractivity (Wildman–Crippen MR) is 81.6 cm³/mol. The van der Waals surface area contributed by atoms with Crippen molar-refractivity contribution in [1.29, 1.82) is 0 Å². The second-order valence-corrected chi connectivity index (χ2v) is 5.82. The zero-order valence-electron chi connectivity index (χ0n) is 12.3. The summed E-state index contributed by atoms with van der Waals surface area (Å²) in [5, 5.41) is 8.03. The van der Waals surface area contributed by atoms with Gasteiger partial charge in [0, 0.05) is 19.3 Å². The van der Waals surface area contributed by atoms with Gasteiger partial charge in [-0.15, -0.1) is 0 Å². The van der Waals surface area contributed by atoms with Crippen LogP contribution < -0.4 is 5.32 Å². The average Bonchev–Trinajstić information content (AvgIpc) is 3.00. The predicted octanol–water partition coefficient (Wildman–Crippen LogP) is 2.88. The van der Waals surface area contributed by atoms with Crippen molar-refractivity contribution in [2.45, 2.75) is 32.2 Å². The molecule has 0 spiro atoms. The summed E-state index contributed by atoms with van der Waals surface area (Å²) in [7, 11) is 1.99. The fourth-order valence-electron chi connectivity index (χ4n) is 3.32. The monoisotopic (exact) mass is 269 g/mol. The summed E-state index contributed by atoms with van der Waals surface area (Å²) in [6.45, 7) is 3.31. The van der Waals surface area contributed by atoms with Crippen LogP contribution in [0.5, 0.6) is 0 Å². The molecule has 2 atom stereocenters. The van der Waals surface area contributed by atoms with E-state index in [1.807, 2.05) is 17.9 Å². The lowest BCUT2D eigenvalue weighted by Crippen LogP contribution is -2.27. The molecule has 106 valence electrons. The first-order chi connectivity index (χ1) is 9.78. The summed E-state index contributed by atoms with van der Waals surface area (Å²) in [6.07, 6.45) is 7.59. The third-order valence-electron chi connectivity index (χ3n) is 4.21. The minimum atomic E-state index is 0.492. The van der Waals surface area contributed by atoms with E-state index in [2.05, 4.69) is 47.8 Å². The van der Waals surface area contributed by atoms with Gasteiger partial charge in [-0.2, -0.15) is 5.10 Å². The molecule has 0 aliphatic heterocycles. The molecule has 2 aromatic rings. The van der Waals surface area contributed by atoms with Crippen molar-refractivity contribution in [2.75, 3.05) is 6.54 Å². The van der Waals surface area contributed by atoms with Crippen molar-refractivity contribution in [1.82, 2.24) is 15.1 Å². The van der Waals surface area contributed by atoms with Gasteiger partial charge in [0.25, 0.3) is 0 Å². The number of benzene rings is 1. The first-order valence-corrected chi connectivity index (χ1v) is 7.56. The van der Waals surface area contributed by atoms with Crippen molar-refractivity contribution in [3.8, 4) is 0 Å². The van der Waals surface area contributed by atoms with Gasteiger partial charge < -0.3 is 5.32 Å². The van der Waals surface area contributed by atoms with E-state index in [9.17, 15) is 0 Å². The van der Waals surface area contributed by atoms with Crippen LogP contribution in [0.25, 0.3) is 0 Å². The Kier molecular flexibility index (Phi) is 3.88. The van der Waals surface area contributed by atoms with Crippen LogP contribution in [0.1, 0.15) is 36.1 Å². The Balaban J connectivity index is 1.79. The van der Waals surface area contributed by atoms with Crippen LogP contribution in [0, 0.1) is 5.92 Å². The Morgan fingerprint density at radius 2 is 2.20 bits per heavy atom. The summed E-state index contributed by atoms with van der Waals surface area (Å²) < 4.78 is 1.89. The maximum Gasteiger partial charge on any atom is 0.0521 e. The quantitative estimate of drug-likeness (QED) is 0.904. The van der Waals surface area contributed by atoms with Gasteiger partial charge in [-0.3, -0.25) is 4.68 Å². The molecule has 0 bridgehead atoms. The fraction of sp³-hybridized carbons (Fsp3) is 0.471. The van der Waals surface area contributed by atoms with E-state index in [0.29, 0.717) is 12.0 Å². The Hall–Kier alpha value is -1.61. The number of hydrogen-bond acceptors (Lipinski definition) is 2. The van der Waals surface area contributed by atoms with Gasteiger partial charge in [-0.05, 0) is 48.4 Å². The van der Waals surface area contributed by atoms with E-state index in [4.69, 9.17) is 0 Å². The number of hydrogen-bond donors (Lipinski definition) is 1. The Morgan fingerprint density at radius 1 is 1.35 bits per heavy atom. The highest BCUT2D eigenvalue weighted by molar-refractivity contribution is 5.36. The summed E-state index contributed by atoms with van der Waals surface area (Å²) in [5.74, 6) is 0.642. The highest BCUT2D eigenvalue weighted by Crippen LogP contribution is 2.37. The van der Waals surface area contributed by atoms with Crippen LogP contribution in [0.3, 0.4) is 0 Å². The molecule has 3 rings (SSSR count). The minimum absolute atomic E-state index is 0.492. The van der Waals surface area contributed by atoms with Crippen molar-refractivity contribution in [2.24, 2.45) is 13.0 Å². The van der Waals surface area contributed by atoms with E-state index in [0.717, 1.165) is 13.0 Å². The first-order valence-electron chi connectivity index (χ1n) is 7.56. The first kappa shape index (κ1) is 13.4. The maximum absolute atomic E-state index is 4.29. The molecule has 2 unspecified atom stereocenters. The Bertz CT molecular complexity index is 573. The lowest BCUT2D eigenvalue weighted by atomic mass is 9.94. The summed E-state index contributed by atoms with van der Waals surface area (Å²) >= 11 is 0. The van der Waals surface area contributed by atoms with Gasteiger partial charge in [-0.25, -0.2) is 0 Å². The summed E-state index contributed by atoms with van der Waals surface area (Å²) in [6, 6.07) is 9.37. The second-order valence-electron chi connectivity index (χ2n) is 5.82. The second kappa shape index (κ2) is 5.80. The Morgan fingerprint density at radius 3 is 2.95 bits per heavy atom. The van der Waals surface area contributed by atoms with Gasteiger partial charge in [-0.1, -0.05) is 31.2 Å². The molecular formula is C17H23N3. The molecule has 1 N–H and O–H groups in total. The van der Waals surface area contributed by atoms with Gasteiger partial charge in [0.2, 0.25) is 0 Å². The number of nitrogens with one attached hydrogen (secondary N) is 1. The van der Waals surface area contributed by atoms with Crippen molar-refractivity contribution < 1.29 is 0 Å². The van der Waals surface area contributed by atoms with Gasteiger partial charge in [0.15, 0.2) is 0 Å². The molecule has 1 aliphatic carbocycles. The van der Waals surface area contributed by atoms with Crippen molar-refractivity contribution in [3.63, 3.8) is 0 Å². The average molecular weight is 269 g/mol. The summed E-state index contributed by atoms with van der Waals surface area (Å²) in [4.78, 5) is 0. The molecule has 0 amide bonds.